The lowest BCUT2D eigenvalue weighted by atomic mass is 10.2. The summed E-state index contributed by atoms with van der Waals surface area (Å²) in [5, 5.41) is 2.81. The van der Waals surface area contributed by atoms with Crippen LogP contribution in [0.3, 0.4) is 0 Å². The fourth-order valence-electron chi connectivity index (χ4n) is 1.82. The number of anilines is 2. The SMILES string of the molecule is COC(=O)N(C)c1ccc(NC(=O)c2ccc(I)cc2)cc1. The first-order valence-electron chi connectivity index (χ1n) is 6.50. The zero-order chi connectivity index (χ0) is 16.1. The summed E-state index contributed by atoms with van der Waals surface area (Å²) in [4.78, 5) is 24.9. The molecule has 2 rings (SSSR count). The van der Waals surface area contributed by atoms with Gasteiger partial charge < -0.3 is 10.1 Å². The quantitative estimate of drug-likeness (QED) is 0.785. The van der Waals surface area contributed by atoms with E-state index in [9.17, 15) is 9.59 Å². The number of hydrogen-bond donors (Lipinski definition) is 1. The number of halogens is 1. The molecule has 114 valence electrons. The number of hydrogen-bond acceptors (Lipinski definition) is 3. The summed E-state index contributed by atoms with van der Waals surface area (Å²) in [5.41, 5.74) is 1.93. The number of nitrogens with zero attached hydrogens (tertiary/aromatic N) is 1. The monoisotopic (exact) mass is 410 g/mol. The molecule has 0 radical (unpaired) electrons. The van der Waals surface area contributed by atoms with Gasteiger partial charge >= 0.3 is 6.09 Å². The van der Waals surface area contributed by atoms with Crippen LogP contribution in [0.2, 0.25) is 0 Å². The first kappa shape index (κ1) is 16.3. The second-order valence-electron chi connectivity index (χ2n) is 4.54. The van der Waals surface area contributed by atoms with Crippen molar-refractivity contribution < 1.29 is 14.3 Å². The van der Waals surface area contributed by atoms with Crippen LogP contribution in [0.15, 0.2) is 48.5 Å². The molecule has 0 spiro atoms. The normalized spacial score (nSPS) is 9.95. The number of nitrogens with one attached hydrogen (secondary N) is 1. The molecule has 0 aliphatic rings. The summed E-state index contributed by atoms with van der Waals surface area (Å²) in [6.45, 7) is 0. The van der Waals surface area contributed by atoms with Gasteiger partial charge in [-0.2, -0.15) is 0 Å². The van der Waals surface area contributed by atoms with E-state index in [0.717, 1.165) is 3.57 Å². The lowest BCUT2D eigenvalue weighted by Crippen LogP contribution is -2.25. The van der Waals surface area contributed by atoms with E-state index in [0.29, 0.717) is 16.9 Å². The third kappa shape index (κ3) is 3.97. The van der Waals surface area contributed by atoms with Gasteiger partial charge in [0.2, 0.25) is 0 Å². The number of benzene rings is 2. The average molecular weight is 410 g/mol. The van der Waals surface area contributed by atoms with Crippen molar-refractivity contribution in [2.75, 3.05) is 24.4 Å². The minimum Gasteiger partial charge on any atom is -0.452 e. The molecule has 22 heavy (non-hydrogen) atoms. The number of amides is 2. The Morgan fingerprint density at radius 3 is 2.18 bits per heavy atom. The standard InChI is InChI=1S/C16H15IN2O3/c1-19(16(21)22-2)14-9-7-13(8-10-14)18-15(20)11-3-5-12(17)6-4-11/h3-10H,1-2H3,(H,18,20). The molecule has 1 N–H and O–H groups in total. The van der Waals surface area contributed by atoms with E-state index in [4.69, 9.17) is 0 Å². The fraction of sp³-hybridized carbons (Fsp3) is 0.125. The van der Waals surface area contributed by atoms with Crippen molar-refractivity contribution >= 4 is 46.0 Å². The summed E-state index contributed by atoms with van der Waals surface area (Å²) in [6, 6.07) is 14.3. The lowest BCUT2D eigenvalue weighted by Gasteiger charge is -2.16. The van der Waals surface area contributed by atoms with Crippen LogP contribution >= 0.6 is 22.6 Å². The lowest BCUT2D eigenvalue weighted by molar-refractivity contribution is 0.102. The van der Waals surface area contributed by atoms with Crippen molar-refractivity contribution in [2.45, 2.75) is 0 Å². The van der Waals surface area contributed by atoms with E-state index in [1.54, 1.807) is 43.4 Å². The van der Waals surface area contributed by atoms with Crippen LogP contribution in [-0.4, -0.2) is 26.2 Å². The van der Waals surface area contributed by atoms with Crippen LogP contribution < -0.4 is 10.2 Å². The first-order chi connectivity index (χ1) is 10.5. The molecule has 0 bridgehead atoms. The number of carbonyl (C=O) groups is 2. The van der Waals surface area contributed by atoms with Crippen molar-refractivity contribution in [1.29, 1.82) is 0 Å². The van der Waals surface area contributed by atoms with Crippen LogP contribution in [0.1, 0.15) is 10.4 Å². The van der Waals surface area contributed by atoms with Gasteiger partial charge in [-0.1, -0.05) is 0 Å². The van der Waals surface area contributed by atoms with Gasteiger partial charge in [0.15, 0.2) is 0 Å². The van der Waals surface area contributed by atoms with Crippen LogP contribution in [0.25, 0.3) is 0 Å². The summed E-state index contributed by atoms with van der Waals surface area (Å²) in [6.07, 6.45) is -0.448. The third-order valence-electron chi connectivity index (χ3n) is 3.07. The molecule has 0 fully saturated rings. The smallest absolute Gasteiger partial charge is 0.413 e. The Kier molecular flexibility index (Phi) is 5.37. The second kappa shape index (κ2) is 7.26. The van der Waals surface area contributed by atoms with Crippen molar-refractivity contribution in [3.8, 4) is 0 Å². The van der Waals surface area contributed by atoms with Gasteiger partial charge in [-0.3, -0.25) is 9.69 Å². The van der Waals surface area contributed by atoms with Crippen LogP contribution in [0, 0.1) is 3.57 Å². The van der Waals surface area contributed by atoms with Gasteiger partial charge in [-0.15, -0.1) is 0 Å². The maximum absolute atomic E-state index is 12.1. The van der Waals surface area contributed by atoms with Gasteiger partial charge in [-0.05, 0) is 71.1 Å². The summed E-state index contributed by atoms with van der Waals surface area (Å²) in [5.74, 6) is -0.175. The molecule has 0 unspecified atom stereocenters. The maximum Gasteiger partial charge on any atom is 0.413 e. The van der Waals surface area contributed by atoms with E-state index in [2.05, 4.69) is 32.6 Å². The predicted octanol–water partition coefficient (Wildman–Crippen LogP) is 3.75. The van der Waals surface area contributed by atoms with Gasteiger partial charge in [0.25, 0.3) is 5.91 Å². The summed E-state index contributed by atoms with van der Waals surface area (Å²) >= 11 is 2.19. The third-order valence-corrected chi connectivity index (χ3v) is 3.79. The van der Waals surface area contributed by atoms with Gasteiger partial charge in [0.1, 0.15) is 0 Å². The molecule has 0 saturated carbocycles. The highest BCUT2D eigenvalue weighted by Crippen LogP contribution is 2.18. The Hall–Kier alpha value is -2.09. The number of ether oxygens (including phenoxy) is 1. The Bertz CT molecular complexity index is 669. The molecule has 0 aliphatic heterocycles. The zero-order valence-corrected chi connectivity index (χ0v) is 14.3. The second-order valence-corrected chi connectivity index (χ2v) is 5.78. The molecule has 0 heterocycles. The first-order valence-corrected chi connectivity index (χ1v) is 7.58. The Balaban J connectivity index is 2.06. The molecular weight excluding hydrogens is 395 g/mol. The minimum atomic E-state index is -0.448. The van der Waals surface area contributed by atoms with Gasteiger partial charge in [0, 0.05) is 27.6 Å². The molecule has 2 aromatic carbocycles. The number of carbonyl (C=O) groups excluding carboxylic acids is 2. The van der Waals surface area contributed by atoms with Crippen molar-refractivity contribution in [3.63, 3.8) is 0 Å². The molecule has 0 atom stereocenters. The van der Waals surface area contributed by atoms with Crippen LogP contribution in [-0.2, 0) is 4.74 Å². The molecule has 2 aromatic rings. The topological polar surface area (TPSA) is 58.6 Å². The fourth-order valence-corrected chi connectivity index (χ4v) is 2.17. The Morgan fingerprint density at radius 2 is 1.64 bits per heavy atom. The van der Waals surface area contributed by atoms with Crippen molar-refractivity contribution in [1.82, 2.24) is 0 Å². The Labute approximate surface area is 142 Å². The van der Waals surface area contributed by atoms with Gasteiger partial charge in [-0.25, -0.2) is 4.79 Å². The largest absolute Gasteiger partial charge is 0.452 e. The van der Waals surface area contributed by atoms with Crippen molar-refractivity contribution in [2.24, 2.45) is 0 Å². The maximum atomic E-state index is 12.1. The molecule has 2 amide bonds. The summed E-state index contributed by atoms with van der Waals surface area (Å²) < 4.78 is 5.72. The highest BCUT2D eigenvalue weighted by molar-refractivity contribution is 14.1. The molecule has 0 aliphatic carbocycles. The predicted molar refractivity (Wildman–Crippen MR) is 94.4 cm³/mol. The average Bonchev–Trinajstić information content (AvgIpc) is 2.54. The number of rotatable bonds is 3. The van der Waals surface area contributed by atoms with Crippen molar-refractivity contribution in [3.05, 3.63) is 57.7 Å². The number of methoxy groups -OCH3 is 1. The van der Waals surface area contributed by atoms with Crippen LogP contribution in [0.4, 0.5) is 16.2 Å². The highest BCUT2D eigenvalue weighted by atomic mass is 127. The van der Waals surface area contributed by atoms with E-state index in [1.165, 1.54) is 12.0 Å². The molecular formula is C16H15IN2O3. The molecule has 6 heteroatoms. The van der Waals surface area contributed by atoms with Gasteiger partial charge in [0.05, 0.1) is 7.11 Å². The molecule has 0 saturated heterocycles. The molecule has 0 aromatic heterocycles. The van der Waals surface area contributed by atoms with E-state index < -0.39 is 6.09 Å². The highest BCUT2D eigenvalue weighted by Gasteiger charge is 2.11. The van der Waals surface area contributed by atoms with E-state index in [-0.39, 0.29) is 5.91 Å². The molecule has 5 nitrogen and oxygen atoms in total. The van der Waals surface area contributed by atoms with Crippen LogP contribution in [0.5, 0.6) is 0 Å². The minimum absolute atomic E-state index is 0.175. The van der Waals surface area contributed by atoms with E-state index >= 15 is 0 Å². The summed E-state index contributed by atoms with van der Waals surface area (Å²) in [7, 11) is 2.94. The Morgan fingerprint density at radius 1 is 1.05 bits per heavy atom. The zero-order valence-electron chi connectivity index (χ0n) is 12.2. The van der Waals surface area contributed by atoms with E-state index in [1.807, 2.05) is 12.1 Å².